The molecule has 1 heterocycles. The zero-order valence-corrected chi connectivity index (χ0v) is 11.7. The van der Waals surface area contributed by atoms with Gasteiger partial charge in [0.1, 0.15) is 5.56 Å². The molecule has 18 heavy (non-hydrogen) atoms. The van der Waals surface area contributed by atoms with Crippen LogP contribution in [0.4, 0.5) is 5.69 Å². The van der Waals surface area contributed by atoms with Crippen LogP contribution in [0.3, 0.4) is 0 Å². The number of aromatic carboxylic acids is 1. The van der Waals surface area contributed by atoms with Crippen molar-refractivity contribution in [1.82, 2.24) is 4.98 Å². The molecule has 0 saturated carbocycles. The van der Waals surface area contributed by atoms with Gasteiger partial charge in [-0.05, 0) is 32.0 Å². The number of carbonyl (C=O) groups is 1. The van der Waals surface area contributed by atoms with E-state index >= 15 is 0 Å². The Labute approximate surface area is 113 Å². The quantitative estimate of drug-likeness (QED) is 0.910. The van der Waals surface area contributed by atoms with Gasteiger partial charge in [-0.15, -0.1) is 0 Å². The SMILES string of the molecule is CC(C)Nc1c(C(=O)O)cnc2ccc(Br)cc12. The Bertz CT molecular complexity index is 611. The molecule has 2 rings (SSSR count). The van der Waals surface area contributed by atoms with Crippen LogP contribution in [-0.2, 0) is 0 Å². The smallest absolute Gasteiger partial charge is 0.339 e. The number of carboxylic acids is 1. The van der Waals surface area contributed by atoms with E-state index in [1.165, 1.54) is 6.20 Å². The summed E-state index contributed by atoms with van der Waals surface area (Å²) in [6.45, 7) is 3.94. The minimum Gasteiger partial charge on any atom is -0.478 e. The predicted octanol–water partition coefficient (Wildman–Crippen LogP) is 3.52. The molecule has 1 aromatic heterocycles. The van der Waals surface area contributed by atoms with Gasteiger partial charge in [0, 0.05) is 22.1 Å². The van der Waals surface area contributed by atoms with Crippen molar-refractivity contribution in [3.63, 3.8) is 0 Å². The van der Waals surface area contributed by atoms with Crippen molar-refractivity contribution in [3.8, 4) is 0 Å². The number of carboxylic acid groups (broad SMARTS) is 1. The Hall–Kier alpha value is -1.62. The molecule has 0 spiro atoms. The van der Waals surface area contributed by atoms with Crippen molar-refractivity contribution in [2.75, 3.05) is 5.32 Å². The summed E-state index contributed by atoms with van der Waals surface area (Å²) in [5, 5.41) is 13.2. The fourth-order valence-electron chi connectivity index (χ4n) is 1.77. The molecule has 2 aromatic rings. The highest BCUT2D eigenvalue weighted by Crippen LogP contribution is 2.29. The number of fused-ring (bicyclic) bond motifs is 1. The zero-order valence-electron chi connectivity index (χ0n) is 10.1. The van der Waals surface area contributed by atoms with Crippen LogP contribution < -0.4 is 5.32 Å². The van der Waals surface area contributed by atoms with E-state index in [9.17, 15) is 9.90 Å². The van der Waals surface area contributed by atoms with Gasteiger partial charge in [0.15, 0.2) is 0 Å². The average Bonchev–Trinajstić information content (AvgIpc) is 2.28. The summed E-state index contributed by atoms with van der Waals surface area (Å²) in [4.78, 5) is 15.4. The molecule has 94 valence electrons. The number of anilines is 1. The first-order chi connectivity index (χ1) is 8.49. The molecule has 0 bridgehead atoms. The molecule has 0 atom stereocenters. The number of nitrogens with one attached hydrogen (secondary N) is 1. The second kappa shape index (κ2) is 4.94. The molecule has 0 saturated heterocycles. The Morgan fingerprint density at radius 2 is 2.17 bits per heavy atom. The highest BCUT2D eigenvalue weighted by molar-refractivity contribution is 9.10. The van der Waals surface area contributed by atoms with Crippen molar-refractivity contribution in [3.05, 3.63) is 34.4 Å². The Kier molecular flexibility index (Phi) is 3.52. The number of aromatic nitrogens is 1. The van der Waals surface area contributed by atoms with Gasteiger partial charge in [-0.2, -0.15) is 0 Å². The summed E-state index contributed by atoms with van der Waals surface area (Å²) in [5.41, 5.74) is 1.57. The van der Waals surface area contributed by atoms with E-state index in [1.807, 2.05) is 32.0 Å². The van der Waals surface area contributed by atoms with Crippen molar-refractivity contribution >= 4 is 38.5 Å². The molecule has 0 aliphatic rings. The highest BCUT2D eigenvalue weighted by atomic mass is 79.9. The van der Waals surface area contributed by atoms with Crippen LogP contribution in [0.5, 0.6) is 0 Å². The second-order valence-electron chi connectivity index (χ2n) is 4.31. The average molecular weight is 309 g/mol. The third-order valence-electron chi connectivity index (χ3n) is 2.49. The topological polar surface area (TPSA) is 62.2 Å². The fraction of sp³-hybridized carbons (Fsp3) is 0.231. The van der Waals surface area contributed by atoms with Gasteiger partial charge in [-0.1, -0.05) is 15.9 Å². The molecule has 0 aliphatic carbocycles. The second-order valence-corrected chi connectivity index (χ2v) is 5.23. The van der Waals surface area contributed by atoms with E-state index in [1.54, 1.807) is 0 Å². The Morgan fingerprint density at radius 3 is 2.78 bits per heavy atom. The van der Waals surface area contributed by atoms with E-state index in [0.717, 1.165) is 15.4 Å². The first-order valence-corrected chi connectivity index (χ1v) is 6.36. The first-order valence-electron chi connectivity index (χ1n) is 5.57. The van der Waals surface area contributed by atoms with Crippen LogP contribution in [0.15, 0.2) is 28.9 Å². The Balaban J connectivity index is 2.74. The number of hydrogen-bond acceptors (Lipinski definition) is 3. The number of pyridine rings is 1. The maximum absolute atomic E-state index is 11.2. The molecule has 4 nitrogen and oxygen atoms in total. The van der Waals surface area contributed by atoms with Crippen molar-refractivity contribution in [1.29, 1.82) is 0 Å². The zero-order chi connectivity index (χ0) is 13.3. The molecule has 0 unspecified atom stereocenters. The summed E-state index contributed by atoms with van der Waals surface area (Å²) in [7, 11) is 0. The van der Waals surface area contributed by atoms with Crippen molar-refractivity contribution < 1.29 is 9.90 Å². The number of benzene rings is 1. The molecule has 0 fully saturated rings. The van der Waals surface area contributed by atoms with Crippen LogP contribution >= 0.6 is 15.9 Å². The van der Waals surface area contributed by atoms with E-state index in [0.29, 0.717) is 5.69 Å². The highest BCUT2D eigenvalue weighted by Gasteiger charge is 2.15. The van der Waals surface area contributed by atoms with Gasteiger partial charge in [0.25, 0.3) is 0 Å². The lowest BCUT2D eigenvalue weighted by Crippen LogP contribution is -2.14. The van der Waals surface area contributed by atoms with Crippen molar-refractivity contribution in [2.24, 2.45) is 0 Å². The van der Waals surface area contributed by atoms with Crippen LogP contribution in [-0.4, -0.2) is 22.1 Å². The molecular formula is C13H13BrN2O2. The van der Waals surface area contributed by atoms with Gasteiger partial charge in [0.05, 0.1) is 11.2 Å². The lowest BCUT2D eigenvalue weighted by Gasteiger charge is -2.15. The fourth-order valence-corrected chi connectivity index (χ4v) is 2.13. The monoisotopic (exact) mass is 308 g/mol. The number of rotatable bonds is 3. The molecule has 0 aliphatic heterocycles. The number of halogens is 1. The summed E-state index contributed by atoms with van der Waals surface area (Å²) in [6, 6.07) is 5.76. The summed E-state index contributed by atoms with van der Waals surface area (Å²) >= 11 is 3.39. The lowest BCUT2D eigenvalue weighted by atomic mass is 10.1. The van der Waals surface area contributed by atoms with Crippen LogP contribution in [0.1, 0.15) is 24.2 Å². The van der Waals surface area contributed by atoms with Gasteiger partial charge in [0.2, 0.25) is 0 Å². The molecule has 2 N–H and O–H groups in total. The largest absolute Gasteiger partial charge is 0.478 e. The minimum absolute atomic E-state index is 0.146. The van der Waals surface area contributed by atoms with Gasteiger partial charge in [-0.3, -0.25) is 4.98 Å². The van der Waals surface area contributed by atoms with E-state index in [2.05, 4.69) is 26.2 Å². The Morgan fingerprint density at radius 1 is 1.44 bits per heavy atom. The molecule has 1 aromatic carbocycles. The van der Waals surface area contributed by atoms with Crippen LogP contribution in [0.25, 0.3) is 10.9 Å². The van der Waals surface area contributed by atoms with E-state index < -0.39 is 5.97 Å². The third-order valence-corrected chi connectivity index (χ3v) is 2.99. The third kappa shape index (κ3) is 2.46. The maximum atomic E-state index is 11.2. The minimum atomic E-state index is -0.979. The number of hydrogen-bond donors (Lipinski definition) is 2. The molecule has 5 heteroatoms. The van der Waals surface area contributed by atoms with Gasteiger partial charge < -0.3 is 10.4 Å². The number of nitrogens with zero attached hydrogens (tertiary/aromatic N) is 1. The van der Waals surface area contributed by atoms with E-state index in [-0.39, 0.29) is 11.6 Å². The summed E-state index contributed by atoms with van der Waals surface area (Å²) in [6.07, 6.45) is 1.39. The maximum Gasteiger partial charge on any atom is 0.339 e. The lowest BCUT2D eigenvalue weighted by molar-refractivity contribution is 0.0697. The van der Waals surface area contributed by atoms with Crippen LogP contribution in [0.2, 0.25) is 0 Å². The summed E-state index contributed by atoms with van der Waals surface area (Å²) in [5.74, 6) is -0.979. The molecular weight excluding hydrogens is 296 g/mol. The van der Waals surface area contributed by atoms with Crippen molar-refractivity contribution in [2.45, 2.75) is 19.9 Å². The standard InChI is InChI=1S/C13H13BrN2O2/c1-7(2)16-12-9-5-8(14)3-4-11(9)15-6-10(12)13(17)18/h3-7H,1-2H3,(H,15,16)(H,17,18). The molecule has 0 radical (unpaired) electrons. The predicted molar refractivity (Wildman–Crippen MR) is 75.2 cm³/mol. The van der Waals surface area contributed by atoms with Gasteiger partial charge >= 0.3 is 5.97 Å². The van der Waals surface area contributed by atoms with E-state index in [4.69, 9.17) is 0 Å². The van der Waals surface area contributed by atoms with Gasteiger partial charge in [-0.25, -0.2) is 4.79 Å². The normalized spacial score (nSPS) is 10.9. The molecule has 0 amide bonds. The van der Waals surface area contributed by atoms with Crippen LogP contribution in [0, 0.1) is 0 Å². The first kappa shape index (κ1) is 12.8. The summed E-state index contributed by atoms with van der Waals surface area (Å²) < 4.78 is 0.895.